The lowest BCUT2D eigenvalue weighted by atomic mass is 9.96. The molecule has 3 aromatic heterocycles. The Hall–Kier alpha value is -8.12. The molecule has 2 unspecified atom stereocenters. The lowest BCUT2D eigenvalue weighted by Gasteiger charge is -2.35. The summed E-state index contributed by atoms with van der Waals surface area (Å²) >= 11 is 4.35. The number of hydrogen-bond acceptors (Lipinski definition) is 15. The van der Waals surface area contributed by atoms with Crippen LogP contribution in [0.1, 0.15) is 81.8 Å². The number of aliphatic imine (C=N–C) groups is 1. The second kappa shape index (κ2) is 26.8. The van der Waals surface area contributed by atoms with Crippen molar-refractivity contribution in [3.63, 3.8) is 0 Å². The number of aromatic nitrogens is 4. The number of carbonyl (C=O) groups excluding carboxylic acids is 3. The van der Waals surface area contributed by atoms with Crippen molar-refractivity contribution in [3.05, 3.63) is 144 Å². The third kappa shape index (κ3) is 16.2. The SMILES string of the molecule is CNc1ccc(Oc2ccnc(CC(=O)C3CCCCN3C(=O)OC(C)(C)C)c2)cc1N.Cc1ccc(F)c(N=C=S)c1.Cc1ccc(F)c(Nc2nc3cc(Oc4ccnc(CC(=O)C5CCCCN5)c4)ccc3n2C)c1. The van der Waals surface area contributed by atoms with Gasteiger partial charge in [-0.15, -0.1) is 0 Å². The maximum absolute atomic E-state index is 14.2. The highest BCUT2D eigenvalue weighted by Gasteiger charge is 2.35. The minimum absolute atomic E-state index is 0.0529. The van der Waals surface area contributed by atoms with Crippen LogP contribution in [0.15, 0.2) is 114 Å². The van der Waals surface area contributed by atoms with Crippen LogP contribution >= 0.6 is 12.2 Å². The average Bonchev–Trinajstić information content (AvgIpc) is 3.75. The van der Waals surface area contributed by atoms with Crippen LogP contribution in [0.2, 0.25) is 0 Å². The topological polar surface area (TPSA) is 200 Å². The van der Waals surface area contributed by atoms with E-state index in [9.17, 15) is 23.2 Å². The molecule has 5 N–H and O–H groups in total. The summed E-state index contributed by atoms with van der Waals surface area (Å²) in [6.07, 6.45) is 8.68. The second-order valence-corrected chi connectivity index (χ2v) is 20.2. The predicted octanol–water partition coefficient (Wildman–Crippen LogP) is 12.5. The van der Waals surface area contributed by atoms with Gasteiger partial charge in [-0.3, -0.25) is 24.5 Å². The van der Waals surface area contributed by atoms with Gasteiger partial charge < -0.3 is 40.5 Å². The summed E-state index contributed by atoms with van der Waals surface area (Å²) in [5, 5.41) is 11.5. The third-order valence-corrected chi connectivity index (χ3v) is 12.8. The lowest BCUT2D eigenvalue weighted by Crippen LogP contribution is -2.50. The van der Waals surface area contributed by atoms with Gasteiger partial charge in [0.1, 0.15) is 45.9 Å². The van der Waals surface area contributed by atoms with Crippen molar-refractivity contribution in [3.8, 4) is 23.0 Å². The molecule has 0 spiro atoms. The number of benzene rings is 4. The van der Waals surface area contributed by atoms with Gasteiger partial charge in [0.05, 0.1) is 69.6 Å². The van der Waals surface area contributed by atoms with E-state index in [0.717, 1.165) is 61.0 Å². The number of ketones is 2. The van der Waals surface area contributed by atoms with E-state index < -0.39 is 17.7 Å². The number of piperidine rings is 2. The van der Waals surface area contributed by atoms with E-state index in [1.165, 1.54) is 12.1 Å². The maximum atomic E-state index is 14.2. The largest absolute Gasteiger partial charge is 0.457 e. The van der Waals surface area contributed by atoms with Gasteiger partial charge in [-0.05, 0) is 157 Å². The van der Waals surface area contributed by atoms with Crippen molar-refractivity contribution in [2.24, 2.45) is 12.0 Å². The first-order valence-corrected chi connectivity index (χ1v) is 26.2. The van der Waals surface area contributed by atoms with E-state index in [4.69, 9.17) is 19.9 Å². The summed E-state index contributed by atoms with van der Waals surface area (Å²) in [6.45, 7) is 10.6. The number of halogens is 2. The number of ether oxygens (including phenoxy) is 3. The van der Waals surface area contributed by atoms with Gasteiger partial charge >= 0.3 is 6.09 Å². The zero-order valence-electron chi connectivity index (χ0n) is 45.0. The number of aryl methyl sites for hydroxylation is 3. The molecule has 1 amide bonds. The number of fused-ring (bicyclic) bond motifs is 1. The summed E-state index contributed by atoms with van der Waals surface area (Å²) in [7, 11) is 3.67. The van der Waals surface area contributed by atoms with Crippen molar-refractivity contribution in [2.75, 3.05) is 36.5 Å². The van der Waals surface area contributed by atoms with Crippen molar-refractivity contribution in [1.29, 1.82) is 0 Å². The number of thiocarbonyl (C=S) groups is 1. The van der Waals surface area contributed by atoms with Crippen molar-refractivity contribution >= 4 is 74.8 Å². The minimum atomic E-state index is -0.607. The second-order valence-electron chi connectivity index (χ2n) is 20.1. The van der Waals surface area contributed by atoms with Crippen LogP contribution in [0.5, 0.6) is 23.0 Å². The Morgan fingerprint density at radius 2 is 1.41 bits per heavy atom. The molecule has 2 aliphatic rings. The number of pyridine rings is 2. The highest BCUT2D eigenvalue weighted by molar-refractivity contribution is 7.78. The van der Waals surface area contributed by atoms with Crippen LogP contribution in [0.4, 0.5) is 42.3 Å². The maximum Gasteiger partial charge on any atom is 0.410 e. The predicted molar refractivity (Wildman–Crippen MR) is 304 cm³/mol. The molecule has 408 valence electrons. The lowest BCUT2D eigenvalue weighted by molar-refractivity contribution is -0.125. The first-order valence-electron chi connectivity index (χ1n) is 25.8. The molecule has 19 heteroatoms. The Bertz CT molecular complexity index is 3300. The number of nitrogen functional groups attached to an aromatic ring is 1. The number of likely N-dealkylation sites (tertiary alicyclic amines) is 1. The Kier molecular flexibility index (Phi) is 19.8. The summed E-state index contributed by atoms with van der Waals surface area (Å²) in [5.74, 6) is 2.31. The summed E-state index contributed by atoms with van der Waals surface area (Å²) in [5.41, 5.74) is 12.2. The van der Waals surface area contributed by atoms with Crippen LogP contribution in [0, 0.1) is 25.5 Å². The molecule has 16 nitrogen and oxygen atoms in total. The first kappa shape index (κ1) is 57.6. The smallest absolute Gasteiger partial charge is 0.410 e. The van der Waals surface area contributed by atoms with E-state index >= 15 is 0 Å². The zero-order chi connectivity index (χ0) is 55.9. The van der Waals surface area contributed by atoms with Crippen molar-refractivity contribution in [1.82, 2.24) is 29.7 Å². The van der Waals surface area contributed by atoms with E-state index in [2.05, 4.69) is 53.3 Å². The van der Waals surface area contributed by atoms with Gasteiger partial charge in [-0.25, -0.2) is 18.6 Å². The zero-order valence-corrected chi connectivity index (χ0v) is 45.8. The summed E-state index contributed by atoms with van der Waals surface area (Å²) in [4.78, 5) is 56.7. The molecule has 0 aliphatic carbocycles. The molecule has 2 aliphatic heterocycles. The number of hydrogen-bond donors (Lipinski definition) is 4. The molecular weight excluding hydrogens is 1010 g/mol. The van der Waals surface area contributed by atoms with Gasteiger partial charge in [0, 0.05) is 57.3 Å². The quantitative estimate of drug-likeness (QED) is 0.0455. The van der Waals surface area contributed by atoms with Crippen molar-refractivity contribution < 1.29 is 37.4 Å². The van der Waals surface area contributed by atoms with Crippen LogP contribution in [0.3, 0.4) is 0 Å². The molecule has 5 heterocycles. The third-order valence-electron chi connectivity index (χ3n) is 12.7. The van der Waals surface area contributed by atoms with E-state index in [1.54, 1.807) is 78.9 Å². The molecule has 0 radical (unpaired) electrons. The van der Waals surface area contributed by atoms with Crippen LogP contribution in [-0.2, 0) is 34.2 Å². The number of rotatable bonds is 14. The van der Waals surface area contributed by atoms with Crippen LogP contribution in [0.25, 0.3) is 11.0 Å². The number of nitrogens with two attached hydrogens (primary N) is 1. The molecule has 0 saturated carbocycles. The molecule has 9 rings (SSSR count). The highest BCUT2D eigenvalue weighted by atomic mass is 32.1. The van der Waals surface area contributed by atoms with Crippen LogP contribution < -0.4 is 31.2 Å². The van der Waals surface area contributed by atoms with E-state index in [-0.39, 0.29) is 47.8 Å². The Morgan fingerprint density at radius 3 is 2.05 bits per heavy atom. The highest BCUT2D eigenvalue weighted by Crippen LogP contribution is 2.31. The number of amides is 1. The van der Waals surface area contributed by atoms with E-state index in [0.29, 0.717) is 70.2 Å². The Labute approximate surface area is 458 Å². The standard InChI is InChI=1S/C27H28FN5O2.C24H32N4O4.C8H6FNS/c1-17-6-8-21(28)23(13-17)31-27-32-24-16-19(7-9-25(24)33(27)2)35-20-10-12-29-18(14-20)15-26(34)22-5-3-4-11-30-22;1-24(2,3)32-23(30)28-12-6-5-7-21(28)22(29)14-16-13-18(10-11-27-16)31-17-8-9-20(26-4)19(25)15-17;1-6-2-3-7(9)8(4-6)10-5-11/h6-10,12-14,16,22,30H,3-5,11,15H2,1-2H3,(H,31,32);8-11,13,15,21,26H,5-7,12,14,25H2,1-4H3;2-4H,1H3. The van der Waals surface area contributed by atoms with Gasteiger partial charge in [-0.1, -0.05) is 18.6 Å². The number of nitrogens with one attached hydrogen (secondary N) is 3. The molecule has 0 bridgehead atoms. The number of isothiocyanates is 1. The Balaban J connectivity index is 0.000000190. The fraction of sp³-hybridized carbons (Fsp3) is 0.339. The number of imidazole rings is 1. The fourth-order valence-electron chi connectivity index (χ4n) is 8.83. The van der Waals surface area contributed by atoms with Gasteiger partial charge in [-0.2, -0.15) is 4.99 Å². The number of nitrogens with zero attached hydrogens (tertiary/aromatic N) is 6. The molecule has 2 fully saturated rings. The Morgan fingerprint density at radius 1 is 0.782 bits per heavy atom. The fourth-order valence-corrected chi connectivity index (χ4v) is 8.93. The monoisotopic (exact) mass is 1080 g/mol. The molecular formula is C59H66F2N10O6S. The van der Waals surface area contributed by atoms with Crippen molar-refractivity contribution in [2.45, 2.75) is 104 Å². The van der Waals surface area contributed by atoms with Gasteiger partial charge in [0.15, 0.2) is 11.6 Å². The van der Waals surface area contributed by atoms with E-state index in [1.807, 2.05) is 76.6 Å². The number of anilines is 4. The summed E-state index contributed by atoms with van der Waals surface area (Å²) < 4.78 is 46.3. The number of carbonyl (C=O) groups is 3. The van der Waals surface area contributed by atoms with Gasteiger partial charge in [0.2, 0.25) is 5.95 Å². The van der Waals surface area contributed by atoms with Gasteiger partial charge in [0.25, 0.3) is 0 Å². The minimum Gasteiger partial charge on any atom is -0.457 e. The molecule has 7 aromatic rings. The molecule has 78 heavy (non-hydrogen) atoms. The first-order chi connectivity index (χ1) is 37.4. The van der Waals surface area contributed by atoms with Crippen LogP contribution in [-0.4, -0.2) is 85.1 Å². The normalized spacial score (nSPS) is 15.1. The average molecular weight is 1080 g/mol. The molecule has 2 saturated heterocycles. The molecule has 2 atom stereocenters. The summed E-state index contributed by atoms with van der Waals surface area (Å²) in [6, 6.07) is 27.0. The number of Topliss-reactive ketones (excluding diaryl/α,β-unsaturated/α-hetero) is 2. The molecule has 4 aromatic carbocycles.